The van der Waals surface area contributed by atoms with Crippen molar-refractivity contribution in [3.63, 3.8) is 0 Å². The lowest BCUT2D eigenvalue weighted by Gasteiger charge is -2.42. The van der Waals surface area contributed by atoms with Gasteiger partial charge in [0.15, 0.2) is 0 Å². The Morgan fingerprint density at radius 2 is 1.67 bits per heavy atom. The first-order valence-corrected chi connectivity index (χ1v) is 9.05. The maximum Gasteiger partial charge on any atom is 0.408 e. The van der Waals surface area contributed by atoms with Crippen molar-refractivity contribution in [2.45, 2.75) is 18.9 Å². The van der Waals surface area contributed by atoms with Gasteiger partial charge in [0.05, 0.1) is 5.92 Å². The molecule has 9 nitrogen and oxygen atoms in total. The van der Waals surface area contributed by atoms with Gasteiger partial charge in [-0.15, -0.1) is 0 Å². The van der Waals surface area contributed by atoms with Crippen molar-refractivity contribution in [3.05, 3.63) is 30.3 Å². The van der Waals surface area contributed by atoms with Crippen molar-refractivity contribution in [2.75, 3.05) is 37.6 Å². The summed E-state index contributed by atoms with van der Waals surface area (Å²) in [5.41, 5.74) is 2.65. The Hall–Kier alpha value is -2.81. The SMILES string of the molecule is O=C(NO)[C@H]1CCCN(C(=O)O)[C@@H]1C(=O)N1CCN(c2ccccc2)CC1. The summed E-state index contributed by atoms with van der Waals surface area (Å²) in [7, 11) is 0. The number of likely N-dealkylation sites (tertiary alicyclic amines) is 1. The number of para-hydroxylation sites is 1. The third-order valence-corrected chi connectivity index (χ3v) is 5.29. The summed E-state index contributed by atoms with van der Waals surface area (Å²) in [6.45, 7) is 2.36. The van der Waals surface area contributed by atoms with Crippen LogP contribution < -0.4 is 10.4 Å². The number of hydroxylamine groups is 1. The van der Waals surface area contributed by atoms with E-state index in [0.717, 1.165) is 10.6 Å². The van der Waals surface area contributed by atoms with Gasteiger partial charge in [-0.1, -0.05) is 18.2 Å². The highest BCUT2D eigenvalue weighted by atomic mass is 16.5. The van der Waals surface area contributed by atoms with Crippen molar-refractivity contribution in [1.29, 1.82) is 0 Å². The smallest absolute Gasteiger partial charge is 0.408 e. The molecule has 3 N–H and O–H groups in total. The summed E-state index contributed by atoms with van der Waals surface area (Å²) in [6.07, 6.45) is -0.404. The predicted octanol–water partition coefficient (Wildman–Crippen LogP) is 0.599. The molecule has 3 rings (SSSR count). The van der Waals surface area contributed by atoms with Gasteiger partial charge in [-0.25, -0.2) is 10.3 Å². The summed E-state index contributed by atoms with van der Waals surface area (Å²) in [4.78, 5) is 41.5. The highest BCUT2D eigenvalue weighted by molar-refractivity contribution is 5.92. The summed E-state index contributed by atoms with van der Waals surface area (Å²) < 4.78 is 0. The quantitative estimate of drug-likeness (QED) is 0.526. The van der Waals surface area contributed by atoms with E-state index in [9.17, 15) is 19.5 Å². The van der Waals surface area contributed by atoms with Crippen LogP contribution in [0.1, 0.15) is 12.8 Å². The fourth-order valence-corrected chi connectivity index (χ4v) is 3.88. The number of hydrogen-bond donors (Lipinski definition) is 3. The molecule has 1 aromatic carbocycles. The number of anilines is 1. The molecule has 2 heterocycles. The van der Waals surface area contributed by atoms with E-state index in [1.54, 1.807) is 10.4 Å². The molecule has 0 radical (unpaired) electrons. The maximum absolute atomic E-state index is 13.1. The van der Waals surface area contributed by atoms with E-state index in [1.165, 1.54) is 0 Å². The molecule has 1 aromatic rings. The first-order chi connectivity index (χ1) is 13.0. The van der Waals surface area contributed by atoms with E-state index >= 15 is 0 Å². The minimum absolute atomic E-state index is 0.199. The van der Waals surface area contributed by atoms with Crippen LogP contribution in [0.25, 0.3) is 0 Å². The van der Waals surface area contributed by atoms with E-state index in [0.29, 0.717) is 39.0 Å². The van der Waals surface area contributed by atoms with Gasteiger partial charge >= 0.3 is 6.09 Å². The molecule has 3 amide bonds. The van der Waals surface area contributed by atoms with Crippen LogP contribution in [0.5, 0.6) is 0 Å². The lowest BCUT2D eigenvalue weighted by Crippen LogP contribution is -2.61. The van der Waals surface area contributed by atoms with Crippen LogP contribution in [0.2, 0.25) is 0 Å². The summed E-state index contributed by atoms with van der Waals surface area (Å²) in [5, 5.41) is 18.5. The predicted molar refractivity (Wildman–Crippen MR) is 96.4 cm³/mol. The number of carboxylic acid groups (broad SMARTS) is 1. The third kappa shape index (κ3) is 3.97. The molecule has 2 aliphatic heterocycles. The van der Waals surface area contributed by atoms with Gasteiger partial charge in [0.2, 0.25) is 11.8 Å². The Labute approximate surface area is 157 Å². The van der Waals surface area contributed by atoms with Crippen molar-refractivity contribution in [1.82, 2.24) is 15.3 Å². The normalized spacial score (nSPS) is 23.1. The molecule has 0 aromatic heterocycles. The number of carbonyl (C=O) groups is 3. The summed E-state index contributed by atoms with van der Waals surface area (Å²) >= 11 is 0. The molecule has 0 saturated carbocycles. The Morgan fingerprint density at radius 3 is 2.26 bits per heavy atom. The van der Waals surface area contributed by atoms with Crippen LogP contribution in [-0.4, -0.2) is 76.8 Å². The van der Waals surface area contributed by atoms with E-state index in [1.807, 2.05) is 30.3 Å². The molecular weight excluding hydrogens is 352 g/mol. The third-order valence-electron chi connectivity index (χ3n) is 5.29. The van der Waals surface area contributed by atoms with Crippen molar-refractivity contribution in [2.24, 2.45) is 5.92 Å². The van der Waals surface area contributed by atoms with Gasteiger partial charge in [0.25, 0.3) is 0 Å². The number of benzene rings is 1. The number of piperazine rings is 1. The average Bonchev–Trinajstić information content (AvgIpc) is 2.72. The second-order valence-corrected chi connectivity index (χ2v) is 6.79. The second kappa shape index (κ2) is 8.26. The highest BCUT2D eigenvalue weighted by Crippen LogP contribution is 2.27. The molecule has 2 atom stereocenters. The Morgan fingerprint density at radius 1 is 1.00 bits per heavy atom. The minimum Gasteiger partial charge on any atom is -0.465 e. The first-order valence-electron chi connectivity index (χ1n) is 9.05. The van der Waals surface area contributed by atoms with Crippen molar-refractivity contribution in [3.8, 4) is 0 Å². The number of nitrogens with zero attached hydrogens (tertiary/aromatic N) is 3. The Balaban J connectivity index is 1.72. The summed E-state index contributed by atoms with van der Waals surface area (Å²) in [6, 6.07) is 8.76. The second-order valence-electron chi connectivity index (χ2n) is 6.79. The van der Waals surface area contributed by atoms with Crippen LogP contribution in [-0.2, 0) is 9.59 Å². The van der Waals surface area contributed by atoms with E-state index in [-0.39, 0.29) is 12.5 Å². The number of nitrogens with one attached hydrogen (secondary N) is 1. The number of amides is 3. The Kier molecular flexibility index (Phi) is 5.80. The minimum atomic E-state index is -1.23. The molecule has 27 heavy (non-hydrogen) atoms. The number of rotatable bonds is 3. The lowest BCUT2D eigenvalue weighted by atomic mass is 9.87. The van der Waals surface area contributed by atoms with E-state index in [2.05, 4.69) is 4.90 Å². The number of carbonyl (C=O) groups excluding carboxylic acids is 2. The molecule has 0 unspecified atom stereocenters. The molecule has 0 spiro atoms. The van der Waals surface area contributed by atoms with Crippen LogP contribution in [0.4, 0.5) is 10.5 Å². The summed E-state index contributed by atoms with van der Waals surface area (Å²) in [5.74, 6) is -1.99. The zero-order valence-electron chi connectivity index (χ0n) is 15.0. The van der Waals surface area contributed by atoms with Crippen molar-refractivity contribution >= 4 is 23.6 Å². The van der Waals surface area contributed by atoms with Gasteiger partial charge in [-0.05, 0) is 25.0 Å². The average molecular weight is 376 g/mol. The van der Waals surface area contributed by atoms with Crippen LogP contribution in [0.3, 0.4) is 0 Å². The molecule has 2 fully saturated rings. The molecule has 146 valence electrons. The zero-order chi connectivity index (χ0) is 19.4. The van der Waals surface area contributed by atoms with Crippen LogP contribution in [0, 0.1) is 5.92 Å². The van der Waals surface area contributed by atoms with E-state index in [4.69, 9.17) is 5.21 Å². The van der Waals surface area contributed by atoms with Gasteiger partial charge < -0.3 is 14.9 Å². The van der Waals surface area contributed by atoms with Crippen LogP contribution >= 0.6 is 0 Å². The molecule has 2 aliphatic rings. The molecule has 0 bridgehead atoms. The largest absolute Gasteiger partial charge is 0.465 e. The Bertz CT molecular complexity index is 690. The topological polar surface area (TPSA) is 113 Å². The lowest BCUT2D eigenvalue weighted by molar-refractivity contribution is -0.148. The van der Waals surface area contributed by atoms with Gasteiger partial charge in [0, 0.05) is 38.4 Å². The van der Waals surface area contributed by atoms with Gasteiger partial charge in [-0.3, -0.25) is 19.7 Å². The van der Waals surface area contributed by atoms with Gasteiger partial charge in [0.1, 0.15) is 6.04 Å². The van der Waals surface area contributed by atoms with Crippen molar-refractivity contribution < 1.29 is 24.7 Å². The van der Waals surface area contributed by atoms with E-state index < -0.39 is 24.0 Å². The first kappa shape index (κ1) is 19.0. The fraction of sp³-hybridized carbons (Fsp3) is 0.500. The number of hydrogen-bond acceptors (Lipinski definition) is 5. The number of piperidine rings is 1. The standard InChI is InChI=1S/C18H24N4O5/c23-16(19-27)14-7-4-8-22(18(25)26)15(14)17(24)21-11-9-20(10-12-21)13-5-2-1-3-6-13/h1-3,5-6,14-15,27H,4,7-12H2,(H,19,23)(H,25,26)/t14-,15-/m0/s1. The molecular formula is C18H24N4O5. The zero-order valence-corrected chi connectivity index (χ0v) is 15.0. The molecule has 9 heteroatoms. The van der Waals surface area contributed by atoms with Crippen LogP contribution in [0.15, 0.2) is 30.3 Å². The fourth-order valence-electron chi connectivity index (χ4n) is 3.88. The highest BCUT2D eigenvalue weighted by Gasteiger charge is 2.45. The molecule has 0 aliphatic carbocycles. The molecule has 2 saturated heterocycles. The van der Waals surface area contributed by atoms with Gasteiger partial charge in [-0.2, -0.15) is 0 Å². The monoisotopic (exact) mass is 376 g/mol. The maximum atomic E-state index is 13.1.